The van der Waals surface area contributed by atoms with E-state index in [0.717, 1.165) is 5.56 Å². The summed E-state index contributed by atoms with van der Waals surface area (Å²) >= 11 is 0. The van der Waals surface area contributed by atoms with Crippen LogP contribution in [0.3, 0.4) is 0 Å². The van der Waals surface area contributed by atoms with Gasteiger partial charge in [0.25, 0.3) is 0 Å². The number of carbonyl (C=O) groups excluding carboxylic acids is 1. The summed E-state index contributed by atoms with van der Waals surface area (Å²) in [5, 5.41) is 0. The van der Waals surface area contributed by atoms with Gasteiger partial charge in [-0.15, -0.1) is 0 Å². The molecule has 0 saturated carbocycles. The fraction of sp³-hybridized carbons (Fsp3) is 0.222. The summed E-state index contributed by atoms with van der Waals surface area (Å²) in [5.41, 5.74) is 1.13. The first-order valence-electron chi connectivity index (χ1n) is 3.62. The van der Waals surface area contributed by atoms with Crippen LogP contribution in [0.2, 0.25) is 0 Å². The number of carbonyl (C=O) groups is 1. The fourth-order valence-corrected chi connectivity index (χ4v) is 1.60. The summed E-state index contributed by atoms with van der Waals surface area (Å²) in [4.78, 5) is 10.8. The SMILES string of the molecule is Cc1ccc([S@](=O)CC=O)cc1. The molecule has 0 bridgehead atoms. The normalized spacial score (nSPS) is 12.4. The van der Waals surface area contributed by atoms with Gasteiger partial charge in [-0.05, 0) is 19.1 Å². The van der Waals surface area contributed by atoms with Crippen LogP contribution in [0.25, 0.3) is 0 Å². The smallest absolute Gasteiger partial charge is 0.132 e. The first kappa shape index (κ1) is 9.13. The lowest BCUT2D eigenvalue weighted by Gasteiger charge is -1.97. The molecule has 0 spiro atoms. The highest BCUT2D eigenvalue weighted by Gasteiger charge is 2.00. The Morgan fingerprint density at radius 2 is 1.92 bits per heavy atom. The van der Waals surface area contributed by atoms with Crippen LogP contribution in [0, 0.1) is 6.92 Å². The maximum absolute atomic E-state index is 11.2. The van der Waals surface area contributed by atoms with Gasteiger partial charge in [0.05, 0.1) is 16.6 Å². The molecule has 0 N–H and O–H groups in total. The Kier molecular flexibility index (Phi) is 3.17. The molecule has 2 nitrogen and oxygen atoms in total. The first-order chi connectivity index (χ1) is 5.74. The third kappa shape index (κ3) is 2.27. The van der Waals surface area contributed by atoms with Crippen LogP contribution in [-0.2, 0) is 15.6 Å². The van der Waals surface area contributed by atoms with Crippen LogP contribution in [0.5, 0.6) is 0 Å². The molecule has 3 heteroatoms. The maximum atomic E-state index is 11.2. The number of rotatable bonds is 3. The summed E-state index contributed by atoms with van der Waals surface area (Å²) in [6.45, 7) is 1.96. The van der Waals surface area contributed by atoms with Gasteiger partial charge in [0.15, 0.2) is 0 Å². The minimum atomic E-state index is -1.16. The van der Waals surface area contributed by atoms with E-state index in [-0.39, 0.29) is 5.75 Å². The number of hydrogen-bond acceptors (Lipinski definition) is 2. The van der Waals surface area contributed by atoms with Crippen LogP contribution >= 0.6 is 0 Å². The van der Waals surface area contributed by atoms with Crippen LogP contribution in [0.1, 0.15) is 5.56 Å². The Bertz CT molecular complexity index is 290. The monoisotopic (exact) mass is 182 g/mol. The minimum Gasteiger partial charge on any atom is -0.302 e. The number of aryl methyl sites for hydroxylation is 1. The second-order valence-electron chi connectivity index (χ2n) is 2.49. The molecule has 1 aromatic carbocycles. The first-order valence-corrected chi connectivity index (χ1v) is 4.94. The van der Waals surface area contributed by atoms with Crippen molar-refractivity contribution in [2.45, 2.75) is 11.8 Å². The maximum Gasteiger partial charge on any atom is 0.132 e. The summed E-state index contributed by atoms with van der Waals surface area (Å²) < 4.78 is 11.2. The number of hydrogen-bond donors (Lipinski definition) is 0. The Morgan fingerprint density at radius 3 is 2.42 bits per heavy atom. The third-order valence-corrected chi connectivity index (χ3v) is 2.74. The van der Waals surface area contributed by atoms with Crippen molar-refractivity contribution < 1.29 is 9.00 Å². The summed E-state index contributed by atoms with van der Waals surface area (Å²) in [5.74, 6) is 0.0864. The molecule has 0 aromatic heterocycles. The average molecular weight is 182 g/mol. The highest BCUT2D eigenvalue weighted by Crippen LogP contribution is 2.07. The van der Waals surface area contributed by atoms with Crippen molar-refractivity contribution in [3.05, 3.63) is 29.8 Å². The Labute approximate surface area is 74.1 Å². The lowest BCUT2D eigenvalue weighted by Crippen LogP contribution is -1.98. The van der Waals surface area contributed by atoms with Crippen LogP contribution in [-0.4, -0.2) is 16.2 Å². The van der Waals surface area contributed by atoms with Crippen molar-refractivity contribution in [3.8, 4) is 0 Å². The molecular formula is C9H10O2S. The molecule has 0 unspecified atom stereocenters. The van der Waals surface area contributed by atoms with E-state index in [1.54, 1.807) is 12.1 Å². The molecule has 0 aliphatic heterocycles. The van der Waals surface area contributed by atoms with E-state index in [4.69, 9.17) is 0 Å². The lowest BCUT2D eigenvalue weighted by molar-refractivity contribution is -0.105. The molecule has 0 amide bonds. The standard InChI is InChI=1S/C9H10O2S/c1-8-2-4-9(5-3-8)12(11)7-6-10/h2-6H,7H2,1H3/t12-/m1/s1. The van der Waals surface area contributed by atoms with E-state index in [9.17, 15) is 9.00 Å². The van der Waals surface area contributed by atoms with Crippen molar-refractivity contribution in [1.82, 2.24) is 0 Å². The zero-order valence-electron chi connectivity index (χ0n) is 6.82. The molecule has 1 atom stereocenters. The van der Waals surface area contributed by atoms with Gasteiger partial charge in [-0.25, -0.2) is 0 Å². The van der Waals surface area contributed by atoms with E-state index in [2.05, 4.69) is 0 Å². The molecule has 0 heterocycles. The summed E-state index contributed by atoms with van der Waals surface area (Å²) in [6, 6.07) is 7.35. The Morgan fingerprint density at radius 1 is 1.33 bits per heavy atom. The van der Waals surface area contributed by atoms with Crippen LogP contribution < -0.4 is 0 Å². The van der Waals surface area contributed by atoms with E-state index in [1.807, 2.05) is 19.1 Å². The van der Waals surface area contributed by atoms with Crippen LogP contribution in [0.4, 0.5) is 0 Å². The van der Waals surface area contributed by atoms with Gasteiger partial charge in [0.1, 0.15) is 6.29 Å². The molecule has 12 heavy (non-hydrogen) atoms. The molecule has 1 aromatic rings. The molecular weight excluding hydrogens is 172 g/mol. The van der Waals surface area contributed by atoms with Gasteiger partial charge in [-0.1, -0.05) is 17.7 Å². The van der Waals surface area contributed by atoms with E-state index < -0.39 is 10.8 Å². The second kappa shape index (κ2) is 4.16. The van der Waals surface area contributed by atoms with Gasteiger partial charge in [-0.2, -0.15) is 0 Å². The summed E-state index contributed by atoms with van der Waals surface area (Å²) in [7, 11) is -1.16. The predicted molar refractivity (Wildman–Crippen MR) is 48.5 cm³/mol. The van der Waals surface area contributed by atoms with E-state index in [1.165, 1.54) is 0 Å². The zero-order valence-corrected chi connectivity index (χ0v) is 7.64. The molecule has 0 saturated heterocycles. The quantitative estimate of drug-likeness (QED) is 0.660. The molecule has 0 radical (unpaired) electrons. The summed E-state index contributed by atoms with van der Waals surface area (Å²) in [6.07, 6.45) is 0.677. The van der Waals surface area contributed by atoms with E-state index >= 15 is 0 Å². The fourth-order valence-electron chi connectivity index (χ4n) is 0.848. The highest BCUT2D eigenvalue weighted by molar-refractivity contribution is 7.85. The number of benzene rings is 1. The van der Waals surface area contributed by atoms with Gasteiger partial charge >= 0.3 is 0 Å². The van der Waals surface area contributed by atoms with Crippen molar-refractivity contribution in [1.29, 1.82) is 0 Å². The van der Waals surface area contributed by atoms with Gasteiger partial charge in [-0.3, -0.25) is 4.21 Å². The molecule has 0 aliphatic carbocycles. The number of aldehydes is 1. The van der Waals surface area contributed by atoms with Crippen molar-refractivity contribution in [2.24, 2.45) is 0 Å². The Hall–Kier alpha value is -0.960. The van der Waals surface area contributed by atoms with Gasteiger partial charge in [0, 0.05) is 4.90 Å². The van der Waals surface area contributed by atoms with Gasteiger partial charge in [0.2, 0.25) is 0 Å². The predicted octanol–water partition coefficient (Wildman–Crippen LogP) is 1.30. The Balaban J connectivity index is 2.82. The second-order valence-corrected chi connectivity index (χ2v) is 3.99. The van der Waals surface area contributed by atoms with Crippen molar-refractivity contribution in [2.75, 3.05) is 5.75 Å². The zero-order chi connectivity index (χ0) is 8.97. The third-order valence-electron chi connectivity index (χ3n) is 1.50. The molecule has 64 valence electrons. The molecule has 0 fully saturated rings. The topological polar surface area (TPSA) is 34.1 Å². The van der Waals surface area contributed by atoms with Gasteiger partial charge < -0.3 is 4.79 Å². The molecule has 0 aliphatic rings. The highest BCUT2D eigenvalue weighted by atomic mass is 32.2. The van der Waals surface area contributed by atoms with E-state index in [0.29, 0.717) is 11.2 Å². The van der Waals surface area contributed by atoms with Crippen molar-refractivity contribution >= 4 is 17.1 Å². The lowest BCUT2D eigenvalue weighted by atomic mass is 10.2. The minimum absolute atomic E-state index is 0.0864. The molecule has 1 rings (SSSR count). The largest absolute Gasteiger partial charge is 0.302 e. The average Bonchev–Trinajstić information content (AvgIpc) is 2.06. The van der Waals surface area contributed by atoms with Crippen molar-refractivity contribution in [3.63, 3.8) is 0 Å². The van der Waals surface area contributed by atoms with Crippen LogP contribution in [0.15, 0.2) is 29.2 Å².